The Hall–Kier alpha value is -2.84. The largest absolute Gasteiger partial charge is 0.453 e. The summed E-state index contributed by atoms with van der Waals surface area (Å²) in [6, 6.07) is 7.10. The van der Waals surface area contributed by atoms with Crippen LogP contribution < -0.4 is 15.8 Å². The number of halogens is 4. The zero-order valence-electron chi connectivity index (χ0n) is 15.2. The SMILES string of the molecule is Cc1nc(Cl)c(C(=O)NCc2ccc(Cl)c(Oc3cc(N)cc(CF)c3)c2F)[nH]1. The fraction of sp³-hybridized carbons (Fsp3) is 0.158. The minimum Gasteiger partial charge on any atom is -0.453 e. The zero-order chi connectivity index (χ0) is 21.1. The summed E-state index contributed by atoms with van der Waals surface area (Å²) in [6.45, 7) is 0.744. The smallest absolute Gasteiger partial charge is 0.271 e. The Labute approximate surface area is 175 Å². The van der Waals surface area contributed by atoms with Crippen LogP contribution in [-0.2, 0) is 13.2 Å². The van der Waals surface area contributed by atoms with Gasteiger partial charge in [-0.15, -0.1) is 0 Å². The van der Waals surface area contributed by atoms with E-state index >= 15 is 0 Å². The van der Waals surface area contributed by atoms with E-state index < -0.39 is 18.4 Å². The van der Waals surface area contributed by atoms with Gasteiger partial charge in [-0.25, -0.2) is 13.8 Å². The maximum atomic E-state index is 14.9. The van der Waals surface area contributed by atoms with Gasteiger partial charge in [0.05, 0.1) is 5.02 Å². The zero-order valence-corrected chi connectivity index (χ0v) is 16.7. The van der Waals surface area contributed by atoms with Crippen LogP contribution in [0, 0.1) is 12.7 Å². The second-order valence-electron chi connectivity index (χ2n) is 6.17. The summed E-state index contributed by atoms with van der Waals surface area (Å²) < 4.78 is 33.4. The second kappa shape index (κ2) is 8.67. The molecule has 0 atom stereocenters. The molecule has 29 heavy (non-hydrogen) atoms. The number of hydrogen-bond acceptors (Lipinski definition) is 4. The number of alkyl halides is 1. The molecule has 1 amide bonds. The standard InChI is InChI=1S/C19H16Cl2F2N4O2/c1-9-26-16(18(21)27-9)19(28)25-8-11-2-3-14(20)17(15(11)23)29-13-5-10(7-22)4-12(24)6-13/h2-6H,7-8,24H2,1H3,(H,25,28)(H,26,27). The molecule has 0 spiro atoms. The minimum atomic E-state index is -0.770. The van der Waals surface area contributed by atoms with Gasteiger partial charge in [0.15, 0.2) is 16.7 Å². The monoisotopic (exact) mass is 440 g/mol. The number of benzene rings is 2. The Morgan fingerprint density at radius 1 is 1.31 bits per heavy atom. The molecule has 0 aliphatic carbocycles. The first-order valence-corrected chi connectivity index (χ1v) is 9.14. The summed E-state index contributed by atoms with van der Waals surface area (Å²) in [6.07, 6.45) is 0. The third-order valence-electron chi connectivity index (χ3n) is 3.94. The number of aryl methyl sites for hydroxylation is 1. The maximum absolute atomic E-state index is 14.9. The van der Waals surface area contributed by atoms with Crippen LogP contribution >= 0.6 is 23.2 Å². The van der Waals surface area contributed by atoms with Crippen molar-refractivity contribution in [3.05, 3.63) is 69.0 Å². The van der Waals surface area contributed by atoms with Gasteiger partial charge in [-0.3, -0.25) is 4.79 Å². The number of carbonyl (C=O) groups excluding carboxylic acids is 1. The number of nitrogens with two attached hydrogens (primary N) is 1. The van der Waals surface area contributed by atoms with Gasteiger partial charge in [0.1, 0.15) is 23.9 Å². The molecule has 4 N–H and O–H groups in total. The van der Waals surface area contributed by atoms with E-state index in [1.54, 1.807) is 6.92 Å². The highest BCUT2D eigenvalue weighted by Crippen LogP contribution is 2.35. The van der Waals surface area contributed by atoms with Crippen LogP contribution in [0.1, 0.15) is 27.4 Å². The lowest BCUT2D eigenvalue weighted by Crippen LogP contribution is -2.24. The summed E-state index contributed by atoms with van der Waals surface area (Å²) in [4.78, 5) is 18.8. The lowest BCUT2D eigenvalue weighted by Gasteiger charge is -2.13. The van der Waals surface area contributed by atoms with E-state index in [1.165, 1.54) is 30.3 Å². The first kappa shape index (κ1) is 20.9. The molecule has 3 rings (SSSR count). The predicted octanol–water partition coefficient (Wildman–Crippen LogP) is 4.94. The summed E-state index contributed by atoms with van der Waals surface area (Å²) in [5, 5.41) is 2.57. The third-order valence-corrected chi connectivity index (χ3v) is 4.51. The van der Waals surface area contributed by atoms with Crippen molar-refractivity contribution in [2.24, 2.45) is 0 Å². The average Bonchev–Trinajstić information content (AvgIpc) is 3.02. The van der Waals surface area contributed by atoms with E-state index in [2.05, 4.69) is 15.3 Å². The van der Waals surface area contributed by atoms with Crippen LogP contribution in [0.25, 0.3) is 0 Å². The van der Waals surface area contributed by atoms with Gasteiger partial charge >= 0.3 is 0 Å². The molecular formula is C19H16Cl2F2N4O2. The first-order chi connectivity index (χ1) is 13.8. The molecule has 0 radical (unpaired) electrons. The fourth-order valence-corrected chi connectivity index (χ4v) is 3.07. The number of imidazole rings is 1. The normalized spacial score (nSPS) is 10.8. The van der Waals surface area contributed by atoms with Crippen molar-refractivity contribution in [3.8, 4) is 11.5 Å². The van der Waals surface area contributed by atoms with E-state index in [-0.39, 0.29) is 50.7 Å². The number of H-pyrrole nitrogens is 1. The van der Waals surface area contributed by atoms with Crippen molar-refractivity contribution < 1.29 is 18.3 Å². The number of nitrogens with zero attached hydrogens (tertiary/aromatic N) is 1. The predicted molar refractivity (Wildman–Crippen MR) is 107 cm³/mol. The Kier molecular flexibility index (Phi) is 6.24. The highest BCUT2D eigenvalue weighted by molar-refractivity contribution is 6.32. The Balaban J connectivity index is 1.81. The van der Waals surface area contributed by atoms with Gasteiger partial charge in [-0.1, -0.05) is 29.3 Å². The lowest BCUT2D eigenvalue weighted by atomic mass is 10.2. The van der Waals surface area contributed by atoms with Crippen molar-refractivity contribution in [2.75, 3.05) is 5.73 Å². The number of anilines is 1. The van der Waals surface area contributed by atoms with Gasteiger partial charge in [0.2, 0.25) is 0 Å². The molecular weight excluding hydrogens is 425 g/mol. The van der Waals surface area contributed by atoms with Gasteiger partial charge in [0.25, 0.3) is 5.91 Å². The number of nitrogens with one attached hydrogen (secondary N) is 2. The molecule has 6 nitrogen and oxygen atoms in total. The van der Waals surface area contributed by atoms with Gasteiger partial charge in [0, 0.05) is 23.9 Å². The van der Waals surface area contributed by atoms with E-state index in [4.69, 9.17) is 33.7 Å². The molecule has 0 aliphatic rings. The number of aromatic nitrogens is 2. The van der Waals surface area contributed by atoms with E-state index in [9.17, 15) is 13.6 Å². The minimum absolute atomic E-state index is 0.00837. The summed E-state index contributed by atoms with van der Waals surface area (Å²) in [5.41, 5.74) is 6.46. The molecule has 0 bridgehead atoms. The van der Waals surface area contributed by atoms with Gasteiger partial charge in [-0.2, -0.15) is 0 Å². The number of nitrogen functional groups attached to an aromatic ring is 1. The Morgan fingerprint density at radius 3 is 2.72 bits per heavy atom. The second-order valence-corrected chi connectivity index (χ2v) is 6.93. The maximum Gasteiger partial charge on any atom is 0.271 e. The van der Waals surface area contributed by atoms with Crippen molar-refractivity contribution in [1.29, 1.82) is 0 Å². The van der Waals surface area contributed by atoms with Crippen LogP contribution in [0.5, 0.6) is 11.5 Å². The van der Waals surface area contributed by atoms with Gasteiger partial charge in [-0.05, 0) is 30.7 Å². The summed E-state index contributed by atoms with van der Waals surface area (Å²) >= 11 is 11.9. The molecule has 0 saturated heterocycles. The number of rotatable bonds is 6. The molecule has 0 fully saturated rings. The Bertz CT molecular complexity index is 1070. The van der Waals surface area contributed by atoms with Crippen LogP contribution in [-0.4, -0.2) is 15.9 Å². The number of hydrogen-bond donors (Lipinski definition) is 3. The Morgan fingerprint density at radius 2 is 2.07 bits per heavy atom. The molecule has 3 aromatic rings. The number of aromatic amines is 1. The molecule has 0 saturated carbocycles. The van der Waals surface area contributed by atoms with Gasteiger partial charge < -0.3 is 20.8 Å². The molecule has 0 unspecified atom stereocenters. The molecule has 152 valence electrons. The quantitative estimate of drug-likeness (QED) is 0.473. The molecule has 2 aromatic carbocycles. The van der Waals surface area contributed by atoms with Crippen molar-refractivity contribution >= 4 is 34.8 Å². The average molecular weight is 441 g/mol. The van der Waals surface area contributed by atoms with Crippen molar-refractivity contribution in [1.82, 2.24) is 15.3 Å². The van der Waals surface area contributed by atoms with E-state index in [0.717, 1.165) is 0 Å². The van der Waals surface area contributed by atoms with Crippen LogP contribution in [0.2, 0.25) is 10.2 Å². The van der Waals surface area contributed by atoms with E-state index in [0.29, 0.717) is 5.82 Å². The summed E-state index contributed by atoms with van der Waals surface area (Å²) in [7, 11) is 0. The highest BCUT2D eigenvalue weighted by Gasteiger charge is 2.18. The number of amides is 1. The van der Waals surface area contributed by atoms with Crippen molar-refractivity contribution in [2.45, 2.75) is 20.1 Å². The molecule has 10 heteroatoms. The van der Waals surface area contributed by atoms with Crippen molar-refractivity contribution in [3.63, 3.8) is 0 Å². The first-order valence-electron chi connectivity index (χ1n) is 8.39. The topological polar surface area (TPSA) is 93.0 Å². The third kappa shape index (κ3) is 4.78. The fourth-order valence-electron chi connectivity index (χ4n) is 2.62. The highest BCUT2D eigenvalue weighted by atomic mass is 35.5. The lowest BCUT2D eigenvalue weighted by molar-refractivity contribution is 0.0946. The van der Waals surface area contributed by atoms with E-state index in [1.807, 2.05) is 0 Å². The summed E-state index contributed by atoms with van der Waals surface area (Å²) in [5.74, 6) is -0.961. The number of ether oxygens (including phenoxy) is 1. The van der Waals surface area contributed by atoms with Crippen LogP contribution in [0.15, 0.2) is 30.3 Å². The molecule has 1 aromatic heterocycles. The van der Waals surface area contributed by atoms with Crippen LogP contribution in [0.4, 0.5) is 14.5 Å². The van der Waals surface area contributed by atoms with Crippen LogP contribution in [0.3, 0.4) is 0 Å². The molecule has 0 aliphatic heterocycles. The molecule has 1 heterocycles. The number of carbonyl (C=O) groups is 1.